The molecule has 3 nitrogen and oxygen atoms in total. The van der Waals surface area contributed by atoms with Gasteiger partial charge in [0.1, 0.15) is 0 Å². The molecule has 1 N–H and O–H groups in total. The van der Waals surface area contributed by atoms with Crippen LogP contribution in [0.5, 0.6) is 0 Å². The summed E-state index contributed by atoms with van der Waals surface area (Å²) in [7, 11) is 0. The molecule has 2 heterocycles. The van der Waals surface area contributed by atoms with Gasteiger partial charge in [-0.05, 0) is 76.8 Å². The third kappa shape index (κ3) is 5.29. The first-order valence-electron chi connectivity index (χ1n) is 15.0. The lowest BCUT2D eigenvalue weighted by Gasteiger charge is -2.23. The topological polar surface area (TPSA) is 45.8 Å². The van der Waals surface area contributed by atoms with E-state index in [0.717, 1.165) is 76.0 Å². The lowest BCUT2D eigenvalue weighted by molar-refractivity contribution is 0.103. The number of rotatable bonds is 10. The van der Waals surface area contributed by atoms with Crippen LogP contribution in [0.3, 0.4) is 0 Å². The van der Waals surface area contributed by atoms with E-state index in [2.05, 4.69) is 99.2 Å². The fourth-order valence-corrected chi connectivity index (χ4v) is 6.39. The second kappa shape index (κ2) is 12.5. The van der Waals surface area contributed by atoms with Gasteiger partial charge in [0, 0.05) is 29.4 Å². The van der Waals surface area contributed by atoms with Gasteiger partial charge in [0.2, 0.25) is 0 Å². The first-order chi connectivity index (χ1) is 20.0. The highest BCUT2D eigenvalue weighted by Gasteiger charge is 2.32. The van der Waals surface area contributed by atoms with Crippen LogP contribution in [-0.2, 0) is 25.7 Å². The second-order valence-electron chi connectivity index (χ2n) is 10.7. The van der Waals surface area contributed by atoms with E-state index < -0.39 is 0 Å². The van der Waals surface area contributed by atoms with E-state index in [-0.39, 0.29) is 11.7 Å². The number of pyridine rings is 1. The van der Waals surface area contributed by atoms with Crippen molar-refractivity contribution in [2.45, 2.75) is 66.2 Å². The third-order valence-corrected chi connectivity index (χ3v) is 8.42. The van der Waals surface area contributed by atoms with Crippen molar-refractivity contribution in [1.82, 2.24) is 9.97 Å². The van der Waals surface area contributed by atoms with Gasteiger partial charge in [-0.15, -0.1) is 0 Å². The van der Waals surface area contributed by atoms with Crippen molar-refractivity contribution in [1.29, 1.82) is 0 Å². The average molecular weight is 541 g/mol. The van der Waals surface area contributed by atoms with Gasteiger partial charge in [-0.1, -0.05) is 101 Å². The number of benzene rings is 3. The van der Waals surface area contributed by atoms with Crippen molar-refractivity contribution in [2.24, 2.45) is 0 Å². The molecule has 0 spiro atoms. The van der Waals surface area contributed by atoms with E-state index in [1.165, 1.54) is 16.7 Å². The minimum absolute atomic E-state index is 0.0113. The normalized spacial score (nSPS) is 11.9. The molecule has 3 aromatic carbocycles. The van der Waals surface area contributed by atoms with Crippen LogP contribution in [0.15, 0.2) is 91.3 Å². The van der Waals surface area contributed by atoms with Crippen LogP contribution in [0.2, 0.25) is 0 Å². The molecular weight excluding hydrogens is 500 g/mol. The molecule has 5 aromatic rings. The Kier molecular flexibility index (Phi) is 8.64. The molecule has 2 aromatic heterocycles. The highest BCUT2D eigenvalue weighted by Crippen LogP contribution is 2.43. The molecule has 0 aliphatic heterocycles. The van der Waals surface area contributed by atoms with Crippen molar-refractivity contribution < 1.29 is 4.79 Å². The average Bonchev–Trinajstić information content (AvgIpc) is 3.44. The number of nitrogens with one attached hydrogen (secondary N) is 1. The maximum atomic E-state index is 15.1. The van der Waals surface area contributed by atoms with Crippen LogP contribution in [0.4, 0.5) is 0 Å². The smallest absolute Gasteiger partial charge is 0.196 e. The number of hydrogen-bond acceptors (Lipinski definition) is 2. The third-order valence-electron chi connectivity index (χ3n) is 8.42. The Labute approximate surface area is 244 Å². The molecule has 5 rings (SSSR count). The summed E-state index contributed by atoms with van der Waals surface area (Å²) in [6.07, 6.45) is 7.18. The molecule has 0 radical (unpaired) electrons. The predicted molar refractivity (Wildman–Crippen MR) is 171 cm³/mol. The minimum Gasteiger partial charge on any atom is -0.354 e. The number of carbonyl (C=O) groups excluding carboxylic acids is 1. The van der Waals surface area contributed by atoms with Crippen LogP contribution < -0.4 is 0 Å². The van der Waals surface area contributed by atoms with Gasteiger partial charge in [-0.2, -0.15) is 0 Å². The first-order valence-corrected chi connectivity index (χ1v) is 15.0. The summed E-state index contributed by atoms with van der Waals surface area (Å²) in [5.74, 6) is 0.0845. The molecular formula is C38H40N2O. The summed E-state index contributed by atoms with van der Waals surface area (Å²) in [6, 6.07) is 27.3. The number of ketones is 1. The maximum absolute atomic E-state index is 15.1. The molecule has 0 saturated carbocycles. The highest BCUT2D eigenvalue weighted by molar-refractivity contribution is 6.16. The molecule has 0 aliphatic rings. The first kappa shape index (κ1) is 28.3. The summed E-state index contributed by atoms with van der Waals surface area (Å²) in [5, 5.41) is 0. The Balaban J connectivity index is 1.90. The standard InChI is InChI=1S/C38H40N2O/c1-6-26-18-13-19-27(7-2)32(26)25(5)33-35(38(41)34-28(8-3)20-14-21-29(34)9-4)36(30-16-11-10-12-17-30)40-37(33)31-22-15-23-39-24-31/h10-25,40H,6-9H2,1-5H3. The van der Waals surface area contributed by atoms with Gasteiger partial charge < -0.3 is 4.98 Å². The molecule has 41 heavy (non-hydrogen) atoms. The Hall–Kier alpha value is -4.24. The zero-order chi connectivity index (χ0) is 28.9. The van der Waals surface area contributed by atoms with Gasteiger partial charge in [0.25, 0.3) is 0 Å². The monoisotopic (exact) mass is 540 g/mol. The molecule has 3 heteroatoms. The molecule has 0 amide bonds. The summed E-state index contributed by atoms with van der Waals surface area (Å²) in [5.41, 5.74) is 12.7. The largest absolute Gasteiger partial charge is 0.354 e. The van der Waals surface area contributed by atoms with E-state index in [9.17, 15) is 0 Å². The molecule has 0 fully saturated rings. The van der Waals surface area contributed by atoms with Crippen LogP contribution in [0.25, 0.3) is 22.5 Å². The van der Waals surface area contributed by atoms with Crippen LogP contribution in [-0.4, -0.2) is 15.8 Å². The summed E-state index contributed by atoms with van der Waals surface area (Å²) < 4.78 is 0. The fraction of sp³-hybridized carbons (Fsp3) is 0.263. The Morgan fingerprint density at radius 1 is 0.634 bits per heavy atom. The SMILES string of the molecule is CCc1cccc(CC)c1C(=O)c1c(-c2ccccc2)[nH]c(-c2cccnc2)c1C(C)c1c(CC)cccc1CC. The Morgan fingerprint density at radius 3 is 1.73 bits per heavy atom. The summed E-state index contributed by atoms with van der Waals surface area (Å²) in [4.78, 5) is 23.3. The van der Waals surface area contributed by atoms with E-state index in [1.807, 2.05) is 30.5 Å². The van der Waals surface area contributed by atoms with Crippen LogP contribution in [0, 0.1) is 0 Å². The summed E-state index contributed by atoms with van der Waals surface area (Å²) >= 11 is 0. The molecule has 1 unspecified atom stereocenters. The molecule has 1 atom stereocenters. The van der Waals surface area contributed by atoms with E-state index >= 15 is 4.79 Å². The molecule has 0 saturated heterocycles. The van der Waals surface area contributed by atoms with Gasteiger partial charge in [0.05, 0.1) is 17.0 Å². The van der Waals surface area contributed by atoms with Gasteiger partial charge in [-0.25, -0.2) is 0 Å². The van der Waals surface area contributed by atoms with E-state index in [1.54, 1.807) is 6.20 Å². The second-order valence-corrected chi connectivity index (χ2v) is 10.7. The van der Waals surface area contributed by atoms with Crippen LogP contribution >= 0.6 is 0 Å². The Bertz CT molecular complexity index is 1600. The fourth-order valence-electron chi connectivity index (χ4n) is 6.39. The van der Waals surface area contributed by atoms with Crippen molar-refractivity contribution in [3.05, 3.63) is 136 Å². The van der Waals surface area contributed by atoms with Gasteiger partial charge >= 0.3 is 0 Å². The van der Waals surface area contributed by atoms with E-state index in [4.69, 9.17) is 0 Å². The number of carbonyl (C=O) groups is 1. The number of aromatic nitrogens is 2. The minimum atomic E-state index is -0.0113. The zero-order valence-electron chi connectivity index (χ0n) is 24.9. The van der Waals surface area contributed by atoms with Crippen molar-refractivity contribution >= 4 is 5.78 Å². The van der Waals surface area contributed by atoms with Crippen LogP contribution in [0.1, 0.15) is 89.8 Å². The highest BCUT2D eigenvalue weighted by atomic mass is 16.1. The number of H-pyrrole nitrogens is 1. The van der Waals surface area contributed by atoms with Crippen molar-refractivity contribution in [3.8, 4) is 22.5 Å². The van der Waals surface area contributed by atoms with Gasteiger partial charge in [0.15, 0.2) is 5.78 Å². The Morgan fingerprint density at radius 2 is 1.20 bits per heavy atom. The van der Waals surface area contributed by atoms with Crippen molar-refractivity contribution in [2.75, 3.05) is 0 Å². The number of hydrogen-bond donors (Lipinski definition) is 1. The number of nitrogens with zero attached hydrogens (tertiary/aromatic N) is 1. The summed E-state index contributed by atoms with van der Waals surface area (Å²) in [6.45, 7) is 11.0. The quantitative estimate of drug-likeness (QED) is 0.179. The van der Waals surface area contributed by atoms with E-state index in [0.29, 0.717) is 0 Å². The van der Waals surface area contributed by atoms with Gasteiger partial charge in [-0.3, -0.25) is 9.78 Å². The zero-order valence-corrected chi connectivity index (χ0v) is 24.9. The maximum Gasteiger partial charge on any atom is 0.196 e. The number of aryl methyl sites for hydroxylation is 4. The molecule has 208 valence electrons. The lowest BCUT2D eigenvalue weighted by atomic mass is 9.79. The molecule has 0 aliphatic carbocycles. The lowest BCUT2D eigenvalue weighted by Crippen LogP contribution is -2.14. The molecule has 0 bridgehead atoms. The number of aromatic amines is 1. The predicted octanol–water partition coefficient (Wildman–Crippen LogP) is 9.38. The van der Waals surface area contributed by atoms with Crippen molar-refractivity contribution in [3.63, 3.8) is 0 Å².